The van der Waals surface area contributed by atoms with Gasteiger partial charge in [0.05, 0.1) is 17.3 Å². The zero-order valence-corrected chi connectivity index (χ0v) is 12.6. The summed E-state index contributed by atoms with van der Waals surface area (Å²) >= 11 is 9.39. The van der Waals surface area contributed by atoms with Crippen LogP contribution in [0.15, 0.2) is 40.9 Å². The maximum Gasteiger partial charge on any atom is 0.156 e. The number of rotatable bonds is 4. The van der Waals surface area contributed by atoms with Crippen LogP contribution in [0.3, 0.4) is 0 Å². The zero-order valence-electron chi connectivity index (χ0n) is 10.2. The number of hydrogen-bond acceptors (Lipinski definition) is 2. The molecular weight excluding hydrogens is 333 g/mol. The molecule has 0 saturated carbocycles. The van der Waals surface area contributed by atoms with Gasteiger partial charge in [0, 0.05) is 11.6 Å². The number of hydrogen-bond donors (Lipinski definition) is 1. The molecule has 0 atom stereocenters. The summed E-state index contributed by atoms with van der Waals surface area (Å²) in [5.41, 5.74) is 1.60. The largest absolute Gasteiger partial charge is 0.493 e. The molecule has 0 aliphatic rings. The minimum absolute atomic E-state index is 0.251. The molecule has 0 aliphatic heterocycles. The summed E-state index contributed by atoms with van der Waals surface area (Å²) in [4.78, 5) is 0. The highest BCUT2D eigenvalue weighted by molar-refractivity contribution is 9.10. The van der Waals surface area contributed by atoms with E-state index in [1.54, 1.807) is 25.3 Å². The highest BCUT2D eigenvalue weighted by Gasteiger charge is 2.09. The summed E-state index contributed by atoms with van der Waals surface area (Å²) in [6.07, 6.45) is 0. The Morgan fingerprint density at radius 1 is 1.32 bits per heavy atom. The van der Waals surface area contributed by atoms with E-state index in [0.29, 0.717) is 17.3 Å². The van der Waals surface area contributed by atoms with Gasteiger partial charge in [-0.3, -0.25) is 0 Å². The van der Waals surface area contributed by atoms with Gasteiger partial charge in [-0.2, -0.15) is 0 Å². The standard InChI is InChI=1S/C14H12BrClFNO/c1-19-14-12(15)6-10(16)7-13(14)18-8-9-3-2-4-11(17)5-9/h2-7,18H,8H2,1H3. The van der Waals surface area contributed by atoms with Gasteiger partial charge in [-0.05, 0) is 45.8 Å². The average molecular weight is 345 g/mol. The van der Waals surface area contributed by atoms with E-state index in [1.807, 2.05) is 6.07 Å². The SMILES string of the molecule is COc1c(Br)cc(Cl)cc1NCc1cccc(F)c1. The van der Waals surface area contributed by atoms with Crippen molar-refractivity contribution in [1.82, 2.24) is 0 Å². The van der Waals surface area contributed by atoms with Crippen LogP contribution in [0.2, 0.25) is 5.02 Å². The van der Waals surface area contributed by atoms with Crippen molar-refractivity contribution in [3.05, 3.63) is 57.3 Å². The molecule has 0 bridgehead atoms. The first kappa shape index (κ1) is 14.2. The van der Waals surface area contributed by atoms with Crippen LogP contribution in [-0.2, 0) is 6.54 Å². The van der Waals surface area contributed by atoms with Crippen molar-refractivity contribution in [1.29, 1.82) is 0 Å². The second kappa shape index (κ2) is 6.26. The van der Waals surface area contributed by atoms with E-state index in [0.717, 1.165) is 15.7 Å². The number of halogens is 3. The fourth-order valence-electron chi connectivity index (χ4n) is 1.74. The Balaban J connectivity index is 2.19. The van der Waals surface area contributed by atoms with Crippen LogP contribution >= 0.6 is 27.5 Å². The Kier molecular flexibility index (Phi) is 4.66. The zero-order chi connectivity index (χ0) is 13.8. The molecule has 1 N–H and O–H groups in total. The van der Waals surface area contributed by atoms with Gasteiger partial charge in [0.15, 0.2) is 5.75 Å². The molecule has 2 aromatic carbocycles. The Bertz CT molecular complexity index is 592. The van der Waals surface area contributed by atoms with Crippen molar-refractivity contribution in [2.75, 3.05) is 12.4 Å². The van der Waals surface area contributed by atoms with Crippen molar-refractivity contribution in [2.45, 2.75) is 6.54 Å². The Morgan fingerprint density at radius 3 is 2.79 bits per heavy atom. The van der Waals surface area contributed by atoms with Crippen LogP contribution in [0.25, 0.3) is 0 Å². The van der Waals surface area contributed by atoms with E-state index >= 15 is 0 Å². The second-order valence-corrected chi connectivity index (χ2v) is 5.24. The van der Waals surface area contributed by atoms with E-state index in [1.165, 1.54) is 12.1 Å². The smallest absolute Gasteiger partial charge is 0.156 e. The molecule has 0 spiro atoms. The van der Waals surface area contributed by atoms with E-state index in [9.17, 15) is 4.39 Å². The van der Waals surface area contributed by atoms with Crippen molar-refractivity contribution in [3.8, 4) is 5.75 Å². The van der Waals surface area contributed by atoms with Crippen LogP contribution < -0.4 is 10.1 Å². The van der Waals surface area contributed by atoms with Crippen molar-refractivity contribution >= 4 is 33.2 Å². The molecule has 0 aromatic heterocycles. The number of methoxy groups -OCH3 is 1. The molecule has 2 aromatic rings. The Labute approximate surface area is 124 Å². The van der Waals surface area contributed by atoms with Gasteiger partial charge >= 0.3 is 0 Å². The van der Waals surface area contributed by atoms with Crippen molar-refractivity contribution in [3.63, 3.8) is 0 Å². The summed E-state index contributed by atoms with van der Waals surface area (Å²) < 4.78 is 19.2. The molecule has 5 heteroatoms. The summed E-state index contributed by atoms with van der Waals surface area (Å²) in [5.74, 6) is 0.416. The average Bonchev–Trinajstić information content (AvgIpc) is 2.36. The summed E-state index contributed by atoms with van der Waals surface area (Å²) in [5, 5.41) is 3.78. The lowest BCUT2D eigenvalue weighted by Gasteiger charge is -2.13. The molecule has 2 rings (SSSR count). The number of benzene rings is 2. The summed E-state index contributed by atoms with van der Waals surface area (Å²) in [6.45, 7) is 0.487. The maximum atomic E-state index is 13.1. The van der Waals surface area contributed by atoms with Crippen LogP contribution in [0.5, 0.6) is 5.75 Å². The maximum absolute atomic E-state index is 13.1. The minimum atomic E-state index is -0.251. The number of nitrogens with one attached hydrogen (secondary N) is 1. The quantitative estimate of drug-likeness (QED) is 0.855. The lowest BCUT2D eigenvalue weighted by Crippen LogP contribution is -2.02. The van der Waals surface area contributed by atoms with Gasteiger partial charge in [0.1, 0.15) is 5.82 Å². The molecule has 0 amide bonds. The number of ether oxygens (including phenoxy) is 1. The van der Waals surface area contributed by atoms with E-state index in [2.05, 4.69) is 21.2 Å². The molecule has 0 aliphatic carbocycles. The predicted molar refractivity (Wildman–Crippen MR) is 79.4 cm³/mol. The second-order valence-electron chi connectivity index (χ2n) is 3.95. The molecule has 0 fully saturated rings. The van der Waals surface area contributed by atoms with Gasteiger partial charge in [0.2, 0.25) is 0 Å². The molecule has 0 radical (unpaired) electrons. The first-order valence-electron chi connectivity index (χ1n) is 5.61. The summed E-state index contributed by atoms with van der Waals surface area (Å²) in [7, 11) is 1.58. The fourth-order valence-corrected chi connectivity index (χ4v) is 2.72. The highest BCUT2D eigenvalue weighted by atomic mass is 79.9. The highest BCUT2D eigenvalue weighted by Crippen LogP contribution is 2.36. The number of anilines is 1. The third kappa shape index (κ3) is 3.61. The van der Waals surface area contributed by atoms with E-state index in [4.69, 9.17) is 16.3 Å². The van der Waals surface area contributed by atoms with Crippen LogP contribution in [0, 0.1) is 5.82 Å². The van der Waals surface area contributed by atoms with Gasteiger partial charge in [-0.15, -0.1) is 0 Å². The van der Waals surface area contributed by atoms with E-state index in [-0.39, 0.29) is 5.82 Å². The normalized spacial score (nSPS) is 10.3. The Hall–Kier alpha value is -1.26. The third-order valence-electron chi connectivity index (χ3n) is 2.58. The van der Waals surface area contributed by atoms with Crippen LogP contribution in [0.4, 0.5) is 10.1 Å². The third-order valence-corrected chi connectivity index (χ3v) is 3.39. The molecule has 0 saturated heterocycles. The molecule has 0 unspecified atom stereocenters. The molecule has 2 nitrogen and oxygen atoms in total. The summed E-state index contributed by atoms with van der Waals surface area (Å²) in [6, 6.07) is 9.96. The monoisotopic (exact) mass is 343 g/mol. The van der Waals surface area contributed by atoms with Crippen molar-refractivity contribution < 1.29 is 9.13 Å². The van der Waals surface area contributed by atoms with E-state index < -0.39 is 0 Å². The lowest BCUT2D eigenvalue weighted by atomic mass is 10.2. The van der Waals surface area contributed by atoms with Gasteiger partial charge < -0.3 is 10.1 Å². The van der Waals surface area contributed by atoms with Gasteiger partial charge in [-0.25, -0.2) is 4.39 Å². The lowest BCUT2D eigenvalue weighted by molar-refractivity contribution is 0.414. The van der Waals surface area contributed by atoms with Gasteiger partial charge in [0.25, 0.3) is 0 Å². The Morgan fingerprint density at radius 2 is 2.11 bits per heavy atom. The minimum Gasteiger partial charge on any atom is -0.493 e. The van der Waals surface area contributed by atoms with Crippen LogP contribution in [0.1, 0.15) is 5.56 Å². The first-order chi connectivity index (χ1) is 9.10. The molecular formula is C14H12BrClFNO. The van der Waals surface area contributed by atoms with Gasteiger partial charge in [-0.1, -0.05) is 23.7 Å². The fraction of sp³-hybridized carbons (Fsp3) is 0.143. The topological polar surface area (TPSA) is 21.3 Å². The molecule has 100 valence electrons. The molecule has 19 heavy (non-hydrogen) atoms. The predicted octanol–water partition coefficient (Wildman–Crippen LogP) is 4.86. The molecule has 0 heterocycles. The first-order valence-corrected chi connectivity index (χ1v) is 6.78. The van der Waals surface area contributed by atoms with Crippen molar-refractivity contribution in [2.24, 2.45) is 0 Å². The van der Waals surface area contributed by atoms with Crippen LogP contribution in [-0.4, -0.2) is 7.11 Å².